The van der Waals surface area contributed by atoms with E-state index in [0.29, 0.717) is 12.1 Å². The molecule has 0 radical (unpaired) electrons. The van der Waals surface area contributed by atoms with Crippen molar-refractivity contribution in [1.29, 1.82) is 0 Å². The highest BCUT2D eigenvalue weighted by molar-refractivity contribution is 5.86. The van der Waals surface area contributed by atoms with Crippen LogP contribution in [0.15, 0.2) is 11.8 Å². The largest absolute Gasteiger partial charge is 0.478 e. The van der Waals surface area contributed by atoms with E-state index < -0.39 is 5.97 Å². The molecule has 5 nitrogen and oxygen atoms in total. The number of carboxylic acids is 1. The van der Waals surface area contributed by atoms with Gasteiger partial charge in [-0.1, -0.05) is 0 Å². The fourth-order valence-corrected chi connectivity index (χ4v) is 0.502. The predicted octanol–water partition coefficient (Wildman–Crippen LogP) is -1.43. The van der Waals surface area contributed by atoms with E-state index in [1.54, 1.807) is 0 Å². The first-order valence-corrected chi connectivity index (χ1v) is 2.46. The molecule has 1 rings (SSSR count). The third kappa shape index (κ3) is 1.41. The summed E-state index contributed by atoms with van der Waals surface area (Å²) < 4.78 is 0. The Hall–Kier alpha value is -1.07. The number of hydrogen-bond donors (Lipinski definition) is 4. The van der Waals surface area contributed by atoms with Gasteiger partial charge >= 0.3 is 5.97 Å². The summed E-state index contributed by atoms with van der Waals surface area (Å²) in [7, 11) is 0. The van der Waals surface area contributed by atoms with E-state index in [2.05, 4.69) is 16.4 Å². The van der Waals surface area contributed by atoms with Crippen molar-refractivity contribution in [3.8, 4) is 0 Å². The van der Waals surface area contributed by atoms with Gasteiger partial charge in [-0.25, -0.2) is 10.2 Å². The van der Waals surface area contributed by atoms with Crippen LogP contribution in [0.5, 0.6) is 0 Å². The summed E-state index contributed by atoms with van der Waals surface area (Å²) in [6.07, 6.45) is 1.40. The molecule has 4 N–H and O–H groups in total. The maximum atomic E-state index is 10.2. The van der Waals surface area contributed by atoms with Gasteiger partial charge in [0, 0.05) is 12.7 Å². The molecule has 1 aliphatic heterocycles. The van der Waals surface area contributed by atoms with E-state index in [1.165, 1.54) is 6.20 Å². The van der Waals surface area contributed by atoms with E-state index in [9.17, 15) is 4.79 Å². The van der Waals surface area contributed by atoms with Gasteiger partial charge in [-0.05, 0) is 0 Å². The quantitative estimate of drug-likeness (QED) is 0.349. The van der Waals surface area contributed by atoms with Crippen LogP contribution in [-0.2, 0) is 4.79 Å². The summed E-state index contributed by atoms with van der Waals surface area (Å²) in [5.74, 6) is -0.906. The fraction of sp³-hybridized carbons (Fsp3) is 0.250. The van der Waals surface area contributed by atoms with Gasteiger partial charge in [-0.2, -0.15) is 5.53 Å². The zero-order valence-corrected chi connectivity index (χ0v) is 4.64. The van der Waals surface area contributed by atoms with Crippen LogP contribution in [0.2, 0.25) is 0 Å². The molecule has 1 aliphatic rings. The molecule has 9 heavy (non-hydrogen) atoms. The number of aliphatic carboxylic acids is 1. The van der Waals surface area contributed by atoms with Crippen molar-refractivity contribution in [1.82, 2.24) is 16.4 Å². The zero-order chi connectivity index (χ0) is 6.69. The number of hydrazine groups is 2. The molecule has 5 heteroatoms. The first-order chi connectivity index (χ1) is 4.30. The minimum absolute atomic E-state index is 0.314. The molecule has 0 unspecified atom stereocenters. The topological polar surface area (TPSA) is 73.4 Å². The number of rotatable bonds is 1. The highest BCUT2D eigenvalue weighted by atomic mass is 16.4. The highest BCUT2D eigenvalue weighted by Gasteiger charge is 2.07. The van der Waals surface area contributed by atoms with Crippen LogP contribution in [0.3, 0.4) is 0 Å². The summed E-state index contributed by atoms with van der Waals surface area (Å²) in [4.78, 5) is 10.2. The van der Waals surface area contributed by atoms with Crippen molar-refractivity contribution < 1.29 is 9.90 Å². The lowest BCUT2D eigenvalue weighted by atomic mass is 10.3. The van der Waals surface area contributed by atoms with Crippen molar-refractivity contribution in [2.24, 2.45) is 0 Å². The molecule has 0 aromatic rings. The van der Waals surface area contributed by atoms with Crippen LogP contribution in [-0.4, -0.2) is 17.6 Å². The molecular formula is C4H7N3O2. The molecular weight excluding hydrogens is 122 g/mol. The maximum Gasteiger partial charge on any atom is 0.334 e. The predicted molar refractivity (Wildman–Crippen MR) is 30.0 cm³/mol. The first-order valence-electron chi connectivity index (χ1n) is 2.46. The number of carbonyl (C=O) groups is 1. The third-order valence-corrected chi connectivity index (χ3v) is 0.960. The molecule has 1 heterocycles. The van der Waals surface area contributed by atoms with Gasteiger partial charge in [0.05, 0.1) is 5.57 Å². The van der Waals surface area contributed by atoms with Crippen LogP contribution < -0.4 is 16.4 Å². The lowest BCUT2D eigenvalue weighted by Crippen LogP contribution is -2.46. The van der Waals surface area contributed by atoms with E-state index >= 15 is 0 Å². The average molecular weight is 129 g/mol. The number of hydrogen-bond acceptors (Lipinski definition) is 4. The summed E-state index contributed by atoms with van der Waals surface area (Å²) in [6.45, 7) is 0.336. The Morgan fingerprint density at radius 2 is 2.56 bits per heavy atom. The van der Waals surface area contributed by atoms with Crippen molar-refractivity contribution >= 4 is 5.97 Å². The van der Waals surface area contributed by atoms with Gasteiger partial charge in [0.2, 0.25) is 0 Å². The van der Waals surface area contributed by atoms with Gasteiger partial charge in [0.1, 0.15) is 0 Å². The molecule has 0 fully saturated rings. The fourth-order valence-electron chi connectivity index (χ4n) is 0.502. The van der Waals surface area contributed by atoms with Crippen LogP contribution in [0, 0.1) is 0 Å². The van der Waals surface area contributed by atoms with Crippen molar-refractivity contribution in [3.63, 3.8) is 0 Å². The van der Waals surface area contributed by atoms with Crippen molar-refractivity contribution in [2.45, 2.75) is 0 Å². The molecule has 0 saturated carbocycles. The van der Waals surface area contributed by atoms with Gasteiger partial charge in [0.25, 0.3) is 0 Å². The maximum absolute atomic E-state index is 10.2. The Morgan fingerprint density at radius 1 is 1.78 bits per heavy atom. The molecule has 0 atom stereocenters. The van der Waals surface area contributed by atoms with Gasteiger partial charge in [-0.15, -0.1) is 0 Å². The molecule has 50 valence electrons. The smallest absolute Gasteiger partial charge is 0.334 e. The molecule has 0 amide bonds. The number of carboxylic acid groups (broad SMARTS) is 1. The van der Waals surface area contributed by atoms with E-state index in [0.717, 1.165) is 0 Å². The second-order valence-electron chi connectivity index (χ2n) is 1.60. The average Bonchev–Trinajstić information content (AvgIpc) is 1.90. The summed E-state index contributed by atoms with van der Waals surface area (Å²) in [5, 5.41) is 8.36. The van der Waals surface area contributed by atoms with Gasteiger partial charge in [-0.3, -0.25) is 0 Å². The van der Waals surface area contributed by atoms with E-state index in [1.807, 2.05) is 0 Å². The van der Waals surface area contributed by atoms with E-state index in [4.69, 9.17) is 5.11 Å². The lowest BCUT2D eigenvalue weighted by Gasteiger charge is -2.12. The molecule has 0 spiro atoms. The minimum Gasteiger partial charge on any atom is -0.478 e. The Labute approximate surface area is 51.7 Å². The molecule has 0 aliphatic carbocycles. The van der Waals surface area contributed by atoms with Crippen molar-refractivity contribution in [3.05, 3.63) is 11.8 Å². The van der Waals surface area contributed by atoms with Crippen LogP contribution in [0.4, 0.5) is 0 Å². The molecule has 0 saturated heterocycles. The van der Waals surface area contributed by atoms with Gasteiger partial charge in [0.15, 0.2) is 0 Å². The Balaban J connectivity index is 2.57. The summed E-state index contributed by atoms with van der Waals surface area (Å²) in [5.41, 5.74) is 7.96. The molecule has 0 bridgehead atoms. The zero-order valence-electron chi connectivity index (χ0n) is 4.64. The minimum atomic E-state index is -0.906. The second-order valence-corrected chi connectivity index (χ2v) is 1.60. The van der Waals surface area contributed by atoms with Crippen molar-refractivity contribution in [2.75, 3.05) is 6.54 Å². The Bertz CT molecular complexity index is 154. The summed E-state index contributed by atoms with van der Waals surface area (Å²) in [6, 6.07) is 0. The standard InChI is InChI=1S/C4H7N3O2/c8-4(9)3-1-5-7-6-2-3/h1,5-7H,2H2,(H,8,9). The van der Waals surface area contributed by atoms with Crippen LogP contribution in [0.25, 0.3) is 0 Å². The Kier molecular flexibility index (Phi) is 1.66. The number of nitrogens with one attached hydrogen (secondary N) is 3. The molecule has 0 aromatic carbocycles. The van der Waals surface area contributed by atoms with Crippen LogP contribution in [0.1, 0.15) is 0 Å². The van der Waals surface area contributed by atoms with E-state index in [-0.39, 0.29) is 0 Å². The normalized spacial score (nSPS) is 18.0. The highest BCUT2D eigenvalue weighted by Crippen LogP contribution is 1.90. The second kappa shape index (κ2) is 2.47. The lowest BCUT2D eigenvalue weighted by molar-refractivity contribution is -0.132. The molecule has 0 aromatic heterocycles. The summed E-state index contributed by atoms with van der Waals surface area (Å²) >= 11 is 0. The van der Waals surface area contributed by atoms with Gasteiger partial charge < -0.3 is 10.5 Å². The van der Waals surface area contributed by atoms with Crippen LogP contribution >= 0.6 is 0 Å². The third-order valence-electron chi connectivity index (χ3n) is 0.960. The monoisotopic (exact) mass is 129 g/mol. The SMILES string of the molecule is O=C(O)C1=CNNNC1. The Morgan fingerprint density at radius 3 is 2.89 bits per heavy atom. The first kappa shape index (κ1) is 6.06.